The van der Waals surface area contributed by atoms with E-state index in [1.54, 1.807) is 36.0 Å². The first kappa shape index (κ1) is 16.7. The second kappa shape index (κ2) is 7.09. The van der Waals surface area contributed by atoms with Crippen molar-refractivity contribution in [3.63, 3.8) is 0 Å². The highest BCUT2D eigenvalue weighted by molar-refractivity contribution is 7.99. The Bertz CT molecular complexity index is 599. The molecule has 2 rings (SSSR count). The Kier molecular flexibility index (Phi) is 5.65. The molecule has 0 heterocycles. The van der Waals surface area contributed by atoms with E-state index < -0.39 is 10.0 Å². The van der Waals surface area contributed by atoms with Crippen molar-refractivity contribution in [3.05, 3.63) is 35.4 Å². The van der Waals surface area contributed by atoms with E-state index in [0.717, 1.165) is 30.4 Å². The summed E-state index contributed by atoms with van der Waals surface area (Å²) >= 11 is 6.62. The summed E-state index contributed by atoms with van der Waals surface area (Å²) in [5.74, 6) is -0.0117. The Hall–Kier alpha value is -0.630. The minimum atomic E-state index is -3.32. The van der Waals surface area contributed by atoms with Crippen LogP contribution in [0.3, 0.4) is 0 Å². The zero-order valence-electron chi connectivity index (χ0n) is 11.9. The molecule has 0 radical (unpaired) electrons. The third kappa shape index (κ3) is 4.67. The van der Waals surface area contributed by atoms with Gasteiger partial charge in [0.2, 0.25) is 10.0 Å². The molecule has 0 amide bonds. The molecule has 2 atom stereocenters. The van der Waals surface area contributed by atoms with E-state index in [9.17, 15) is 8.42 Å². The molecule has 1 fully saturated rings. The van der Waals surface area contributed by atoms with Crippen LogP contribution in [0.2, 0.25) is 0 Å². The molecule has 0 bridgehead atoms. The molecule has 21 heavy (non-hydrogen) atoms. The molecule has 1 aliphatic rings. The zero-order valence-corrected chi connectivity index (χ0v) is 14.4. The second-order valence-corrected chi connectivity index (χ2v) is 8.52. The smallest absolute Gasteiger partial charge is 0.216 e. The van der Waals surface area contributed by atoms with Crippen molar-refractivity contribution in [3.8, 4) is 0 Å². The van der Waals surface area contributed by atoms with Crippen LogP contribution >= 0.6 is 24.0 Å². The van der Waals surface area contributed by atoms with Crippen LogP contribution in [0.1, 0.15) is 30.4 Å². The van der Waals surface area contributed by atoms with Crippen LogP contribution in [-0.4, -0.2) is 31.0 Å². The van der Waals surface area contributed by atoms with E-state index in [1.165, 1.54) is 0 Å². The van der Waals surface area contributed by atoms with Gasteiger partial charge in [0.25, 0.3) is 0 Å². The number of hydrogen-bond donors (Lipinski definition) is 2. The predicted octanol–water partition coefficient (Wildman–Crippen LogP) is 2.02. The van der Waals surface area contributed by atoms with Crippen molar-refractivity contribution in [1.29, 1.82) is 0 Å². The maximum atomic E-state index is 12.3. The minimum absolute atomic E-state index is 0.0117. The molecular weight excluding hydrogens is 324 g/mol. The van der Waals surface area contributed by atoms with Crippen LogP contribution in [0.5, 0.6) is 0 Å². The van der Waals surface area contributed by atoms with Gasteiger partial charge in [0.05, 0.1) is 5.75 Å². The normalized spacial score (nSPS) is 22.3. The van der Waals surface area contributed by atoms with E-state index >= 15 is 0 Å². The summed E-state index contributed by atoms with van der Waals surface area (Å²) < 4.78 is 27.4. The molecule has 0 aromatic heterocycles. The summed E-state index contributed by atoms with van der Waals surface area (Å²) in [7, 11) is -3.32. The van der Waals surface area contributed by atoms with Gasteiger partial charge in [-0.1, -0.05) is 42.9 Å². The molecule has 116 valence electrons. The number of benzene rings is 1. The van der Waals surface area contributed by atoms with Crippen LogP contribution in [0.25, 0.3) is 0 Å². The Morgan fingerprint density at radius 1 is 1.38 bits per heavy atom. The van der Waals surface area contributed by atoms with Crippen molar-refractivity contribution in [1.82, 2.24) is 4.72 Å². The molecular formula is C14H20N2O2S3. The standard InChI is InChI=1S/C14H20N2O2S3/c1-20-13-4-2-3-12(13)16-21(17,18)9-10-5-7-11(8-6-10)14(15)19/h5-8,12-13,16H,2-4,9H2,1H3,(H2,15,19). The molecule has 1 aromatic rings. The van der Waals surface area contributed by atoms with E-state index in [2.05, 4.69) is 4.72 Å². The lowest BCUT2D eigenvalue weighted by Gasteiger charge is -2.19. The van der Waals surface area contributed by atoms with Gasteiger partial charge < -0.3 is 5.73 Å². The van der Waals surface area contributed by atoms with E-state index in [4.69, 9.17) is 18.0 Å². The molecule has 1 aliphatic carbocycles. The second-order valence-electron chi connectivity index (χ2n) is 5.25. The molecule has 2 unspecified atom stereocenters. The van der Waals surface area contributed by atoms with Gasteiger partial charge in [-0.2, -0.15) is 11.8 Å². The predicted molar refractivity (Wildman–Crippen MR) is 93.0 cm³/mol. The SMILES string of the molecule is CSC1CCCC1NS(=O)(=O)Cc1ccc(C(N)=S)cc1. The van der Waals surface area contributed by atoms with E-state index in [-0.39, 0.29) is 11.8 Å². The van der Waals surface area contributed by atoms with Gasteiger partial charge in [0, 0.05) is 16.9 Å². The number of nitrogens with one attached hydrogen (secondary N) is 1. The number of hydrogen-bond acceptors (Lipinski definition) is 4. The van der Waals surface area contributed by atoms with Crippen molar-refractivity contribution in [2.75, 3.05) is 6.26 Å². The number of nitrogens with two attached hydrogens (primary N) is 1. The molecule has 0 aliphatic heterocycles. The summed E-state index contributed by atoms with van der Waals surface area (Å²) in [6.07, 6.45) is 5.12. The lowest BCUT2D eigenvalue weighted by atomic mass is 10.1. The first-order valence-corrected chi connectivity index (χ1v) is 10.2. The topological polar surface area (TPSA) is 72.2 Å². The van der Waals surface area contributed by atoms with Gasteiger partial charge in [0.15, 0.2) is 0 Å². The fourth-order valence-electron chi connectivity index (χ4n) is 2.60. The third-order valence-electron chi connectivity index (χ3n) is 3.68. The van der Waals surface area contributed by atoms with E-state index in [1.807, 2.05) is 6.26 Å². The average Bonchev–Trinajstić information content (AvgIpc) is 2.85. The molecule has 4 nitrogen and oxygen atoms in total. The largest absolute Gasteiger partial charge is 0.389 e. The lowest BCUT2D eigenvalue weighted by molar-refractivity contribution is 0.554. The first-order valence-electron chi connectivity index (χ1n) is 6.83. The lowest BCUT2D eigenvalue weighted by Crippen LogP contribution is -2.39. The summed E-state index contributed by atoms with van der Waals surface area (Å²) in [4.78, 5) is 0.316. The summed E-state index contributed by atoms with van der Waals surface area (Å²) in [6, 6.07) is 7.09. The van der Waals surface area contributed by atoms with Gasteiger partial charge in [-0.05, 0) is 24.7 Å². The van der Waals surface area contributed by atoms with Crippen molar-refractivity contribution in [2.24, 2.45) is 5.73 Å². The van der Waals surface area contributed by atoms with Gasteiger partial charge >= 0.3 is 0 Å². The van der Waals surface area contributed by atoms with Crippen LogP contribution in [0.15, 0.2) is 24.3 Å². The fourth-order valence-corrected chi connectivity index (χ4v) is 5.22. The highest BCUT2D eigenvalue weighted by atomic mass is 32.2. The Morgan fingerprint density at radius 3 is 2.62 bits per heavy atom. The minimum Gasteiger partial charge on any atom is -0.389 e. The number of rotatable bonds is 6. The number of thioether (sulfide) groups is 1. The maximum absolute atomic E-state index is 12.3. The van der Waals surface area contributed by atoms with Crippen LogP contribution in [0, 0.1) is 0 Å². The fraction of sp³-hybridized carbons (Fsp3) is 0.500. The Balaban J connectivity index is 2.02. The van der Waals surface area contributed by atoms with E-state index in [0.29, 0.717) is 10.2 Å². The van der Waals surface area contributed by atoms with Gasteiger partial charge in [-0.3, -0.25) is 0 Å². The summed E-state index contributed by atoms with van der Waals surface area (Å²) in [5.41, 5.74) is 7.01. The monoisotopic (exact) mass is 344 g/mol. The quantitative estimate of drug-likeness (QED) is 0.773. The Morgan fingerprint density at radius 2 is 2.05 bits per heavy atom. The summed E-state index contributed by atoms with van der Waals surface area (Å²) in [6.45, 7) is 0. The number of sulfonamides is 1. The Labute approximate surface area is 135 Å². The van der Waals surface area contributed by atoms with Crippen LogP contribution in [-0.2, 0) is 15.8 Å². The zero-order chi connectivity index (χ0) is 15.5. The average molecular weight is 345 g/mol. The molecule has 1 aromatic carbocycles. The van der Waals surface area contributed by atoms with Crippen molar-refractivity contribution in [2.45, 2.75) is 36.3 Å². The van der Waals surface area contributed by atoms with Crippen molar-refractivity contribution < 1.29 is 8.42 Å². The van der Waals surface area contributed by atoms with Gasteiger partial charge in [-0.15, -0.1) is 0 Å². The molecule has 7 heteroatoms. The van der Waals surface area contributed by atoms with Crippen LogP contribution < -0.4 is 10.5 Å². The highest BCUT2D eigenvalue weighted by Crippen LogP contribution is 2.29. The third-order valence-corrected chi connectivity index (χ3v) is 6.46. The molecule has 0 saturated heterocycles. The number of thiocarbonyl (C=S) groups is 1. The molecule has 0 spiro atoms. The van der Waals surface area contributed by atoms with Gasteiger partial charge in [0.1, 0.15) is 4.99 Å². The molecule has 3 N–H and O–H groups in total. The van der Waals surface area contributed by atoms with Crippen molar-refractivity contribution >= 4 is 39.0 Å². The summed E-state index contributed by atoms with van der Waals surface area (Å²) in [5, 5.41) is 0.386. The van der Waals surface area contributed by atoms with Crippen LogP contribution in [0.4, 0.5) is 0 Å². The van der Waals surface area contributed by atoms with Gasteiger partial charge in [-0.25, -0.2) is 13.1 Å². The first-order chi connectivity index (χ1) is 9.91. The maximum Gasteiger partial charge on any atom is 0.216 e. The highest BCUT2D eigenvalue weighted by Gasteiger charge is 2.29. The molecule has 1 saturated carbocycles.